The highest BCUT2D eigenvalue weighted by Gasteiger charge is 2.38. The molecule has 4 nitrogen and oxygen atoms in total. The fraction of sp³-hybridized carbons (Fsp3) is 0.360. The molecule has 0 saturated heterocycles. The van der Waals surface area contributed by atoms with Gasteiger partial charge in [0.1, 0.15) is 0 Å². The van der Waals surface area contributed by atoms with Crippen molar-refractivity contribution in [3.8, 4) is 0 Å². The summed E-state index contributed by atoms with van der Waals surface area (Å²) in [5.74, 6) is -1.44. The molecule has 170 valence electrons. The number of benzene rings is 2. The molecule has 3 rings (SSSR count). The molecule has 0 saturated carbocycles. The molecule has 1 aliphatic heterocycles. The van der Waals surface area contributed by atoms with Crippen LogP contribution < -0.4 is 0 Å². The summed E-state index contributed by atoms with van der Waals surface area (Å²) in [7, 11) is 0. The molecular weight excluding hydrogens is 419 g/mol. The van der Waals surface area contributed by atoms with Gasteiger partial charge in [-0.2, -0.15) is 13.2 Å². The van der Waals surface area contributed by atoms with Gasteiger partial charge in [0.25, 0.3) is 0 Å². The van der Waals surface area contributed by atoms with Gasteiger partial charge in [-0.05, 0) is 51.0 Å². The smallest absolute Gasteiger partial charge is 0.416 e. The van der Waals surface area contributed by atoms with E-state index >= 15 is 0 Å². The number of carbonyl (C=O) groups is 2. The fourth-order valence-electron chi connectivity index (χ4n) is 3.81. The second kappa shape index (κ2) is 9.18. The molecule has 2 aromatic rings. The lowest BCUT2D eigenvalue weighted by Gasteiger charge is -2.35. The van der Waals surface area contributed by atoms with Crippen molar-refractivity contribution in [2.45, 2.75) is 58.9 Å². The minimum Gasteiger partial charge on any atom is -0.460 e. The first-order valence-corrected chi connectivity index (χ1v) is 10.4. The SMILES string of the molecule is CC1=C(C(=O)OC(C)C)C(c2ccc(C(F)(F)F)cc2)CC(=O)N1Cc1ccc(C)cc1. The van der Waals surface area contributed by atoms with Crippen LogP contribution in [0.15, 0.2) is 59.8 Å². The van der Waals surface area contributed by atoms with Crippen LogP contribution in [0.5, 0.6) is 0 Å². The van der Waals surface area contributed by atoms with Crippen molar-refractivity contribution in [2.24, 2.45) is 0 Å². The molecule has 1 amide bonds. The van der Waals surface area contributed by atoms with Crippen LogP contribution in [0, 0.1) is 6.92 Å². The lowest BCUT2D eigenvalue weighted by Crippen LogP contribution is -2.38. The van der Waals surface area contributed by atoms with Crippen LogP contribution in [0.1, 0.15) is 55.4 Å². The number of allylic oxidation sites excluding steroid dienone is 1. The highest BCUT2D eigenvalue weighted by Crippen LogP contribution is 2.39. The van der Waals surface area contributed by atoms with Gasteiger partial charge in [0.2, 0.25) is 5.91 Å². The van der Waals surface area contributed by atoms with Gasteiger partial charge >= 0.3 is 12.1 Å². The predicted molar refractivity (Wildman–Crippen MR) is 114 cm³/mol. The number of nitrogens with zero attached hydrogens (tertiary/aromatic N) is 1. The molecule has 32 heavy (non-hydrogen) atoms. The third-order valence-electron chi connectivity index (χ3n) is 5.49. The van der Waals surface area contributed by atoms with E-state index in [1.165, 1.54) is 12.1 Å². The quantitative estimate of drug-likeness (QED) is 0.550. The molecule has 7 heteroatoms. The van der Waals surface area contributed by atoms with Crippen molar-refractivity contribution in [3.63, 3.8) is 0 Å². The number of aryl methyl sites for hydroxylation is 1. The van der Waals surface area contributed by atoms with Gasteiger partial charge in [0.15, 0.2) is 0 Å². The molecule has 0 N–H and O–H groups in total. The first-order chi connectivity index (χ1) is 15.0. The average Bonchev–Trinajstić information content (AvgIpc) is 2.71. The third-order valence-corrected chi connectivity index (χ3v) is 5.49. The number of halogens is 3. The minimum absolute atomic E-state index is 0.0307. The fourth-order valence-corrected chi connectivity index (χ4v) is 3.81. The molecule has 1 aliphatic rings. The second-order valence-electron chi connectivity index (χ2n) is 8.30. The van der Waals surface area contributed by atoms with E-state index in [1.807, 2.05) is 31.2 Å². The number of hydrogen-bond acceptors (Lipinski definition) is 3. The molecule has 0 fully saturated rings. The first kappa shape index (κ1) is 23.6. The summed E-state index contributed by atoms with van der Waals surface area (Å²) in [6, 6.07) is 12.3. The van der Waals surface area contributed by atoms with Crippen LogP contribution >= 0.6 is 0 Å². The molecule has 2 aromatic carbocycles. The number of rotatable bonds is 5. The zero-order valence-corrected chi connectivity index (χ0v) is 18.5. The van der Waals surface area contributed by atoms with E-state index in [2.05, 4.69) is 0 Å². The van der Waals surface area contributed by atoms with E-state index in [-0.39, 0.29) is 18.4 Å². The summed E-state index contributed by atoms with van der Waals surface area (Å²) in [5.41, 5.74) is 2.44. The predicted octanol–water partition coefficient (Wildman–Crippen LogP) is 5.76. The Balaban J connectivity index is 2.01. The lowest BCUT2D eigenvalue weighted by atomic mass is 9.83. The zero-order chi connectivity index (χ0) is 23.6. The maximum absolute atomic E-state index is 13.0. The van der Waals surface area contributed by atoms with E-state index in [1.54, 1.807) is 25.7 Å². The van der Waals surface area contributed by atoms with Crippen molar-refractivity contribution in [1.29, 1.82) is 0 Å². The maximum atomic E-state index is 13.0. The molecule has 0 bridgehead atoms. The van der Waals surface area contributed by atoms with Crippen molar-refractivity contribution < 1.29 is 27.5 Å². The molecule has 1 heterocycles. The van der Waals surface area contributed by atoms with Crippen LogP contribution in [0.3, 0.4) is 0 Å². The zero-order valence-electron chi connectivity index (χ0n) is 18.5. The van der Waals surface area contributed by atoms with Crippen LogP contribution in [-0.2, 0) is 27.0 Å². The van der Waals surface area contributed by atoms with Crippen LogP contribution in [-0.4, -0.2) is 22.9 Å². The maximum Gasteiger partial charge on any atom is 0.416 e. The average molecular weight is 445 g/mol. The van der Waals surface area contributed by atoms with Crippen LogP contribution in [0.2, 0.25) is 0 Å². The van der Waals surface area contributed by atoms with Crippen molar-refractivity contribution >= 4 is 11.9 Å². The molecule has 1 unspecified atom stereocenters. The Morgan fingerprint density at radius 3 is 2.19 bits per heavy atom. The topological polar surface area (TPSA) is 46.6 Å². The summed E-state index contributed by atoms with van der Waals surface area (Å²) < 4.78 is 44.3. The Labute approximate surface area is 185 Å². The van der Waals surface area contributed by atoms with Gasteiger partial charge in [0.05, 0.1) is 23.8 Å². The molecule has 0 spiro atoms. The van der Waals surface area contributed by atoms with Crippen LogP contribution in [0.25, 0.3) is 0 Å². The number of hydrogen-bond donors (Lipinski definition) is 0. The van der Waals surface area contributed by atoms with Crippen molar-refractivity contribution in [2.75, 3.05) is 0 Å². The highest BCUT2D eigenvalue weighted by atomic mass is 19.4. The van der Waals surface area contributed by atoms with E-state index in [4.69, 9.17) is 4.74 Å². The van der Waals surface area contributed by atoms with Gasteiger partial charge in [-0.15, -0.1) is 0 Å². The standard InChI is InChI=1S/C25H26F3NO3/c1-15(2)32-24(31)23-17(4)29(14-18-7-5-16(3)6-8-18)22(30)13-21(23)19-9-11-20(12-10-19)25(26,27)28/h5-12,15,21H,13-14H2,1-4H3. The van der Waals surface area contributed by atoms with Crippen molar-refractivity contribution in [1.82, 2.24) is 4.90 Å². The summed E-state index contributed by atoms with van der Waals surface area (Å²) in [4.78, 5) is 27.6. The lowest BCUT2D eigenvalue weighted by molar-refractivity contribution is -0.144. The Morgan fingerprint density at radius 2 is 1.66 bits per heavy atom. The van der Waals surface area contributed by atoms with Gasteiger partial charge < -0.3 is 9.64 Å². The summed E-state index contributed by atoms with van der Waals surface area (Å²) in [6.07, 6.45) is -4.87. The second-order valence-corrected chi connectivity index (χ2v) is 8.30. The summed E-state index contributed by atoms with van der Waals surface area (Å²) >= 11 is 0. The number of ether oxygens (including phenoxy) is 1. The van der Waals surface area contributed by atoms with Gasteiger partial charge in [-0.1, -0.05) is 42.0 Å². The van der Waals surface area contributed by atoms with E-state index in [0.29, 0.717) is 23.4 Å². The van der Waals surface area contributed by atoms with E-state index in [9.17, 15) is 22.8 Å². The normalized spacial score (nSPS) is 17.2. The highest BCUT2D eigenvalue weighted by molar-refractivity contribution is 5.96. The number of esters is 1. The summed E-state index contributed by atoms with van der Waals surface area (Å²) in [6.45, 7) is 7.38. The van der Waals surface area contributed by atoms with Gasteiger partial charge in [-0.25, -0.2) is 4.79 Å². The Kier molecular flexibility index (Phi) is 6.77. The van der Waals surface area contributed by atoms with Gasteiger partial charge in [0, 0.05) is 18.0 Å². The molecule has 0 aliphatic carbocycles. The Morgan fingerprint density at radius 1 is 1.06 bits per heavy atom. The summed E-state index contributed by atoms with van der Waals surface area (Å²) in [5, 5.41) is 0. The molecule has 1 atom stereocenters. The van der Waals surface area contributed by atoms with E-state index < -0.39 is 23.6 Å². The Bertz CT molecular complexity index is 1020. The van der Waals surface area contributed by atoms with Crippen molar-refractivity contribution in [3.05, 3.63) is 82.1 Å². The number of alkyl halides is 3. The Hall–Kier alpha value is -3.09. The largest absolute Gasteiger partial charge is 0.460 e. The number of carbonyl (C=O) groups excluding carboxylic acids is 2. The molecular formula is C25H26F3NO3. The number of amides is 1. The van der Waals surface area contributed by atoms with Gasteiger partial charge in [-0.3, -0.25) is 4.79 Å². The first-order valence-electron chi connectivity index (χ1n) is 10.4. The third kappa shape index (κ3) is 5.21. The monoisotopic (exact) mass is 445 g/mol. The molecule has 0 radical (unpaired) electrons. The molecule has 0 aromatic heterocycles. The minimum atomic E-state index is -4.46. The van der Waals surface area contributed by atoms with Crippen LogP contribution in [0.4, 0.5) is 13.2 Å². The van der Waals surface area contributed by atoms with E-state index in [0.717, 1.165) is 23.3 Å².